The molecule has 2 aromatic rings. The number of nitrogens with one attached hydrogen (secondary N) is 1. The highest BCUT2D eigenvalue weighted by atomic mass is 16.5. The molecule has 0 saturated heterocycles. The smallest absolute Gasteiger partial charge is 0.336 e. The SMILES string of the molecule is CCOC(=O)C1=C(C)NC2=C(C(=O)C(C(=O)OC)C(C)C2)C1c1ccc2ccccc2c1. The molecule has 0 bridgehead atoms. The van der Waals surface area contributed by atoms with Gasteiger partial charge in [0.25, 0.3) is 0 Å². The molecule has 166 valence electrons. The summed E-state index contributed by atoms with van der Waals surface area (Å²) in [6.45, 7) is 5.67. The molecule has 6 heteroatoms. The van der Waals surface area contributed by atoms with Gasteiger partial charge in [-0.25, -0.2) is 4.79 Å². The van der Waals surface area contributed by atoms with Gasteiger partial charge >= 0.3 is 11.9 Å². The van der Waals surface area contributed by atoms with E-state index in [1.807, 2.05) is 56.3 Å². The van der Waals surface area contributed by atoms with E-state index in [0.717, 1.165) is 22.0 Å². The second-order valence-electron chi connectivity index (χ2n) is 8.36. The Balaban J connectivity index is 1.92. The van der Waals surface area contributed by atoms with E-state index in [2.05, 4.69) is 5.32 Å². The Morgan fingerprint density at radius 2 is 1.84 bits per heavy atom. The van der Waals surface area contributed by atoms with Crippen LogP contribution in [0.4, 0.5) is 0 Å². The van der Waals surface area contributed by atoms with Gasteiger partial charge in [-0.3, -0.25) is 9.59 Å². The summed E-state index contributed by atoms with van der Waals surface area (Å²) in [5.41, 5.74) is 3.07. The molecule has 0 fully saturated rings. The van der Waals surface area contributed by atoms with Crippen LogP contribution in [0.25, 0.3) is 10.8 Å². The lowest BCUT2D eigenvalue weighted by Gasteiger charge is -2.38. The van der Waals surface area contributed by atoms with Gasteiger partial charge in [0.05, 0.1) is 19.3 Å². The van der Waals surface area contributed by atoms with Crippen LogP contribution in [0.5, 0.6) is 0 Å². The molecule has 0 amide bonds. The van der Waals surface area contributed by atoms with Crippen molar-refractivity contribution in [3.8, 4) is 0 Å². The van der Waals surface area contributed by atoms with Crippen molar-refractivity contribution in [2.45, 2.75) is 33.1 Å². The number of methoxy groups -OCH3 is 1. The van der Waals surface area contributed by atoms with Gasteiger partial charge in [-0.1, -0.05) is 49.4 Å². The van der Waals surface area contributed by atoms with Crippen molar-refractivity contribution in [3.63, 3.8) is 0 Å². The van der Waals surface area contributed by atoms with Crippen molar-refractivity contribution in [2.24, 2.45) is 11.8 Å². The van der Waals surface area contributed by atoms with E-state index < -0.39 is 23.8 Å². The first-order valence-electron chi connectivity index (χ1n) is 10.9. The first kappa shape index (κ1) is 21.8. The number of Topliss-reactive ketones (excluding diaryl/α,β-unsaturated/α-hetero) is 1. The summed E-state index contributed by atoms with van der Waals surface area (Å²) < 4.78 is 10.3. The maximum atomic E-state index is 13.7. The molecule has 1 aliphatic carbocycles. The highest BCUT2D eigenvalue weighted by Crippen LogP contribution is 2.45. The number of allylic oxidation sites excluding steroid dienone is 3. The molecule has 0 saturated carbocycles. The fourth-order valence-electron chi connectivity index (χ4n) is 4.88. The molecule has 0 spiro atoms. The molecule has 0 radical (unpaired) electrons. The molecular weight excluding hydrogens is 406 g/mol. The molecule has 1 N–H and O–H groups in total. The average molecular weight is 434 g/mol. The number of fused-ring (bicyclic) bond motifs is 1. The molecule has 3 unspecified atom stereocenters. The minimum absolute atomic E-state index is 0.213. The highest BCUT2D eigenvalue weighted by molar-refractivity contribution is 6.12. The van der Waals surface area contributed by atoms with E-state index in [4.69, 9.17) is 9.47 Å². The topological polar surface area (TPSA) is 81.7 Å². The predicted molar refractivity (Wildman–Crippen MR) is 120 cm³/mol. The summed E-state index contributed by atoms with van der Waals surface area (Å²) in [4.78, 5) is 39.2. The van der Waals surface area contributed by atoms with Gasteiger partial charge in [0.1, 0.15) is 5.92 Å². The van der Waals surface area contributed by atoms with Crippen LogP contribution in [0.1, 0.15) is 38.7 Å². The number of ether oxygens (including phenoxy) is 2. The Hall–Kier alpha value is -3.41. The van der Waals surface area contributed by atoms with Crippen LogP contribution >= 0.6 is 0 Å². The van der Waals surface area contributed by atoms with E-state index in [0.29, 0.717) is 23.3 Å². The fraction of sp³-hybridized carbons (Fsp3) is 0.346. The van der Waals surface area contributed by atoms with Crippen molar-refractivity contribution >= 4 is 28.5 Å². The maximum Gasteiger partial charge on any atom is 0.336 e. The summed E-state index contributed by atoms with van der Waals surface area (Å²) in [5, 5.41) is 5.34. The number of dihydropyridines is 1. The number of esters is 2. The summed E-state index contributed by atoms with van der Waals surface area (Å²) in [5.74, 6) is -3.05. The molecular formula is C26H27NO5. The standard InChI is InChI=1S/C26H27NO5/c1-5-32-26(30)21-15(3)27-19-12-14(2)20(25(29)31-4)24(28)23(19)22(21)18-11-10-16-8-6-7-9-17(16)13-18/h6-11,13-14,20,22,27H,5,12H2,1-4H3. The van der Waals surface area contributed by atoms with Crippen molar-refractivity contribution in [1.82, 2.24) is 5.32 Å². The zero-order chi connectivity index (χ0) is 23.0. The number of ketones is 1. The van der Waals surface area contributed by atoms with Gasteiger partial charge in [-0.15, -0.1) is 0 Å². The Kier molecular flexibility index (Phi) is 5.87. The van der Waals surface area contributed by atoms with Crippen molar-refractivity contribution < 1.29 is 23.9 Å². The van der Waals surface area contributed by atoms with Crippen molar-refractivity contribution in [2.75, 3.05) is 13.7 Å². The van der Waals surface area contributed by atoms with Gasteiger partial charge in [0, 0.05) is 22.9 Å². The summed E-state index contributed by atoms with van der Waals surface area (Å²) in [6, 6.07) is 13.9. The molecule has 3 atom stereocenters. The monoisotopic (exact) mass is 433 g/mol. The van der Waals surface area contributed by atoms with E-state index in [1.165, 1.54) is 7.11 Å². The van der Waals surface area contributed by atoms with Crippen LogP contribution < -0.4 is 5.32 Å². The maximum absolute atomic E-state index is 13.7. The molecule has 1 aliphatic heterocycles. The molecule has 4 rings (SSSR count). The molecule has 1 heterocycles. The summed E-state index contributed by atoms with van der Waals surface area (Å²) >= 11 is 0. The van der Waals surface area contributed by atoms with Gasteiger partial charge in [0.2, 0.25) is 0 Å². The van der Waals surface area contributed by atoms with Crippen LogP contribution in [0.3, 0.4) is 0 Å². The molecule has 2 aromatic carbocycles. The molecule has 2 aliphatic rings. The van der Waals surface area contributed by atoms with E-state index >= 15 is 0 Å². The van der Waals surface area contributed by atoms with E-state index in [1.54, 1.807) is 6.92 Å². The molecule has 6 nitrogen and oxygen atoms in total. The van der Waals surface area contributed by atoms with E-state index in [9.17, 15) is 14.4 Å². The summed E-state index contributed by atoms with van der Waals surface area (Å²) in [6.07, 6.45) is 0.512. The van der Waals surface area contributed by atoms with Gasteiger partial charge in [0.15, 0.2) is 5.78 Å². The second-order valence-corrected chi connectivity index (χ2v) is 8.36. The Labute approximate surface area is 187 Å². The number of hydrogen-bond acceptors (Lipinski definition) is 6. The minimum atomic E-state index is -0.898. The summed E-state index contributed by atoms with van der Waals surface area (Å²) in [7, 11) is 1.29. The first-order chi connectivity index (χ1) is 15.4. The first-order valence-corrected chi connectivity index (χ1v) is 10.9. The van der Waals surface area contributed by atoms with Crippen LogP contribution in [-0.2, 0) is 23.9 Å². The van der Waals surface area contributed by atoms with Gasteiger partial charge in [-0.2, -0.15) is 0 Å². The number of hydrogen-bond donors (Lipinski definition) is 1. The lowest BCUT2D eigenvalue weighted by molar-refractivity contribution is -0.151. The fourth-order valence-corrected chi connectivity index (χ4v) is 4.88. The third-order valence-corrected chi connectivity index (χ3v) is 6.35. The third-order valence-electron chi connectivity index (χ3n) is 6.35. The lowest BCUT2D eigenvalue weighted by Crippen LogP contribution is -2.43. The van der Waals surface area contributed by atoms with Gasteiger partial charge in [-0.05, 0) is 42.5 Å². The van der Waals surface area contributed by atoms with Crippen LogP contribution in [-0.4, -0.2) is 31.4 Å². The third kappa shape index (κ3) is 3.60. The van der Waals surface area contributed by atoms with Crippen LogP contribution in [0.2, 0.25) is 0 Å². The largest absolute Gasteiger partial charge is 0.468 e. The zero-order valence-corrected chi connectivity index (χ0v) is 18.7. The molecule has 32 heavy (non-hydrogen) atoms. The average Bonchev–Trinajstić information content (AvgIpc) is 2.77. The number of carbonyl (C=O) groups excluding carboxylic acids is 3. The van der Waals surface area contributed by atoms with Crippen LogP contribution in [0, 0.1) is 11.8 Å². The Morgan fingerprint density at radius 1 is 1.12 bits per heavy atom. The number of rotatable bonds is 4. The Bertz CT molecular complexity index is 1180. The Morgan fingerprint density at radius 3 is 2.53 bits per heavy atom. The zero-order valence-electron chi connectivity index (χ0n) is 18.7. The lowest BCUT2D eigenvalue weighted by atomic mass is 9.69. The number of benzene rings is 2. The molecule has 0 aromatic heterocycles. The van der Waals surface area contributed by atoms with Crippen LogP contribution in [0.15, 0.2) is 65.0 Å². The van der Waals surface area contributed by atoms with Gasteiger partial charge < -0.3 is 14.8 Å². The normalized spacial score (nSPS) is 23.0. The second kappa shape index (κ2) is 8.61. The number of carbonyl (C=O) groups is 3. The van der Waals surface area contributed by atoms with E-state index in [-0.39, 0.29) is 18.3 Å². The predicted octanol–water partition coefficient (Wildman–Crippen LogP) is 4.02. The minimum Gasteiger partial charge on any atom is -0.468 e. The highest BCUT2D eigenvalue weighted by Gasteiger charge is 2.47. The van der Waals surface area contributed by atoms with Crippen molar-refractivity contribution in [3.05, 3.63) is 70.6 Å². The van der Waals surface area contributed by atoms with Crippen molar-refractivity contribution in [1.29, 1.82) is 0 Å². The quantitative estimate of drug-likeness (QED) is 0.579.